The fourth-order valence-electron chi connectivity index (χ4n) is 2.92. The van der Waals surface area contributed by atoms with E-state index in [-0.39, 0.29) is 5.78 Å². The molecule has 3 aromatic rings. The van der Waals surface area contributed by atoms with Crippen LogP contribution in [0.2, 0.25) is 0 Å². The monoisotopic (exact) mass is 366 g/mol. The Labute approximate surface area is 157 Å². The average molecular weight is 366 g/mol. The molecule has 0 aliphatic heterocycles. The van der Waals surface area contributed by atoms with Crippen molar-refractivity contribution in [3.05, 3.63) is 53.9 Å². The summed E-state index contributed by atoms with van der Waals surface area (Å²) in [6.45, 7) is 5.89. The zero-order valence-electron chi connectivity index (χ0n) is 15.3. The third kappa shape index (κ3) is 3.70. The first kappa shape index (κ1) is 18.3. The molecule has 134 valence electrons. The normalized spacial score (nSPS) is 10.9. The van der Waals surface area contributed by atoms with Crippen molar-refractivity contribution in [1.29, 1.82) is 0 Å². The van der Waals surface area contributed by atoms with Crippen LogP contribution in [0.4, 0.5) is 0 Å². The molecule has 2 heterocycles. The molecule has 6 heteroatoms. The van der Waals surface area contributed by atoms with Gasteiger partial charge in [-0.2, -0.15) is 0 Å². The minimum Gasteiger partial charge on any atom is -0.299 e. The van der Waals surface area contributed by atoms with Gasteiger partial charge >= 0.3 is 0 Å². The zero-order valence-corrected chi connectivity index (χ0v) is 16.1. The van der Waals surface area contributed by atoms with Crippen molar-refractivity contribution in [3.63, 3.8) is 0 Å². The van der Waals surface area contributed by atoms with Crippen LogP contribution in [-0.2, 0) is 17.6 Å². The lowest BCUT2D eigenvalue weighted by atomic mass is 10.0. The third-order valence-electron chi connectivity index (χ3n) is 4.15. The van der Waals surface area contributed by atoms with Crippen LogP contribution in [0, 0.1) is 0 Å². The molecule has 0 saturated carbocycles. The number of benzene rings is 1. The second-order valence-electron chi connectivity index (χ2n) is 6.01. The van der Waals surface area contributed by atoms with Crippen molar-refractivity contribution < 1.29 is 4.79 Å². The number of pyridine rings is 1. The first-order chi connectivity index (χ1) is 12.7. The highest BCUT2D eigenvalue weighted by Crippen LogP contribution is 2.32. The summed E-state index contributed by atoms with van der Waals surface area (Å²) in [7, 11) is 0. The minimum atomic E-state index is 0.118. The number of hydrogen-bond acceptors (Lipinski definition) is 5. The van der Waals surface area contributed by atoms with E-state index in [0.717, 1.165) is 35.1 Å². The summed E-state index contributed by atoms with van der Waals surface area (Å²) >= 11 is 1.42. The number of aryl methyl sites for hydroxylation is 2. The zero-order chi connectivity index (χ0) is 18.5. The standard InChI is InChI=1S/C20H22N4OS/c1-4-15-8-6-9-16(5-2)18(15)24-19(17-10-7-11-21-12-17)22-23-20(24)26-13-14(3)25/h6-12H,4-5,13H2,1-3H3. The minimum absolute atomic E-state index is 0.118. The molecular weight excluding hydrogens is 344 g/mol. The highest BCUT2D eigenvalue weighted by Gasteiger charge is 2.20. The van der Waals surface area contributed by atoms with E-state index in [9.17, 15) is 4.79 Å². The highest BCUT2D eigenvalue weighted by molar-refractivity contribution is 7.99. The molecule has 2 aromatic heterocycles. The molecule has 0 fully saturated rings. The largest absolute Gasteiger partial charge is 0.299 e. The number of nitrogens with zero attached hydrogens (tertiary/aromatic N) is 4. The predicted octanol–water partition coefficient (Wildman–Crippen LogP) is 4.14. The van der Waals surface area contributed by atoms with Crippen molar-refractivity contribution in [2.75, 3.05) is 5.75 Å². The second-order valence-corrected chi connectivity index (χ2v) is 6.95. The van der Waals surface area contributed by atoms with Gasteiger partial charge in [0.05, 0.1) is 11.4 Å². The number of carbonyl (C=O) groups is 1. The Kier molecular flexibility index (Phi) is 5.83. The van der Waals surface area contributed by atoms with Gasteiger partial charge in [0, 0.05) is 18.0 Å². The molecule has 1 aromatic carbocycles. The molecule has 0 bridgehead atoms. The Morgan fingerprint density at radius 2 is 1.81 bits per heavy atom. The summed E-state index contributed by atoms with van der Waals surface area (Å²) in [5.41, 5.74) is 4.49. The molecule has 0 amide bonds. The Morgan fingerprint density at radius 1 is 1.08 bits per heavy atom. The second kappa shape index (κ2) is 8.27. The predicted molar refractivity (Wildman–Crippen MR) is 105 cm³/mol. The van der Waals surface area contributed by atoms with Gasteiger partial charge in [-0.3, -0.25) is 14.3 Å². The topological polar surface area (TPSA) is 60.7 Å². The fourth-order valence-corrected chi connectivity index (χ4v) is 3.65. The van der Waals surface area contributed by atoms with Gasteiger partial charge in [0.25, 0.3) is 0 Å². The van der Waals surface area contributed by atoms with Gasteiger partial charge in [-0.1, -0.05) is 43.8 Å². The van der Waals surface area contributed by atoms with Crippen LogP contribution in [0.25, 0.3) is 17.1 Å². The van der Waals surface area contributed by atoms with Gasteiger partial charge in [-0.15, -0.1) is 10.2 Å². The van der Waals surface area contributed by atoms with E-state index < -0.39 is 0 Å². The van der Waals surface area contributed by atoms with E-state index in [4.69, 9.17) is 0 Å². The van der Waals surface area contributed by atoms with Crippen LogP contribution in [-0.4, -0.2) is 31.3 Å². The number of thioether (sulfide) groups is 1. The maximum Gasteiger partial charge on any atom is 0.196 e. The first-order valence-corrected chi connectivity index (χ1v) is 9.73. The van der Waals surface area contributed by atoms with Gasteiger partial charge in [0.2, 0.25) is 0 Å². The van der Waals surface area contributed by atoms with E-state index in [1.54, 1.807) is 19.3 Å². The quantitative estimate of drug-likeness (QED) is 0.588. The third-order valence-corrected chi connectivity index (χ3v) is 5.22. The number of para-hydroxylation sites is 1. The number of rotatable bonds is 7. The molecule has 26 heavy (non-hydrogen) atoms. The summed E-state index contributed by atoms with van der Waals surface area (Å²) in [6.07, 6.45) is 5.35. The van der Waals surface area contributed by atoms with Gasteiger partial charge < -0.3 is 0 Å². The van der Waals surface area contributed by atoms with Gasteiger partial charge in [0.1, 0.15) is 5.78 Å². The van der Waals surface area contributed by atoms with E-state index in [1.807, 2.05) is 12.1 Å². The molecule has 0 N–H and O–H groups in total. The van der Waals surface area contributed by atoms with Gasteiger partial charge in [-0.05, 0) is 43.0 Å². The number of Topliss-reactive ketones (excluding diaryl/α,β-unsaturated/α-hetero) is 1. The maximum absolute atomic E-state index is 11.5. The van der Waals surface area contributed by atoms with Crippen LogP contribution in [0.3, 0.4) is 0 Å². The van der Waals surface area contributed by atoms with Crippen LogP contribution < -0.4 is 0 Å². The van der Waals surface area contributed by atoms with Crippen molar-refractivity contribution >= 4 is 17.5 Å². The van der Waals surface area contributed by atoms with Crippen molar-refractivity contribution in [1.82, 2.24) is 19.7 Å². The molecular formula is C20H22N4OS. The maximum atomic E-state index is 11.5. The molecule has 0 saturated heterocycles. The lowest BCUT2D eigenvalue weighted by Gasteiger charge is -2.17. The van der Waals surface area contributed by atoms with Crippen molar-refractivity contribution in [2.24, 2.45) is 0 Å². The lowest BCUT2D eigenvalue weighted by Crippen LogP contribution is -2.08. The average Bonchev–Trinajstić information content (AvgIpc) is 3.09. The molecule has 0 spiro atoms. The first-order valence-electron chi connectivity index (χ1n) is 8.74. The number of carbonyl (C=O) groups excluding carboxylic acids is 1. The summed E-state index contributed by atoms with van der Waals surface area (Å²) in [4.78, 5) is 15.7. The summed E-state index contributed by atoms with van der Waals surface area (Å²) in [6, 6.07) is 10.2. The van der Waals surface area contributed by atoms with E-state index in [0.29, 0.717) is 5.75 Å². The molecule has 0 radical (unpaired) electrons. The van der Waals surface area contributed by atoms with E-state index >= 15 is 0 Å². The molecule has 3 rings (SSSR count). The Morgan fingerprint density at radius 3 is 2.38 bits per heavy atom. The van der Waals surface area contributed by atoms with E-state index in [2.05, 4.69) is 51.8 Å². The Bertz CT molecular complexity index is 883. The van der Waals surface area contributed by atoms with E-state index in [1.165, 1.54) is 22.9 Å². The molecule has 0 aliphatic rings. The van der Waals surface area contributed by atoms with Crippen LogP contribution in [0.1, 0.15) is 31.9 Å². The van der Waals surface area contributed by atoms with Crippen LogP contribution >= 0.6 is 11.8 Å². The SMILES string of the molecule is CCc1cccc(CC)c1-n1c(SCC(C)=O)nnc1-c1cccnc1. The fraction of sp³-hybridized carbons (Fsp3) is 0.300. The number of hydrogen-bond donors (Lipinski definition) is 0. The Hall–Kier alpha value is -2.47. The number of aromatic nitrogens is 4. The highest BCUT2D eigenvalue weighted by atomic mass is 32.2. The Balaban J connectivity index is 2.24. The molecule has 0 aliphatic carbocycles. The molecule has 0 atom stereocenters. The van der Waals surface area contributed by atoms with Crippen LogP contribution in [0.5, 0.6) is 0 Å². The number of ketones is 1. The molecule has 0 unspecified atom stereocenters. The van der Waals surface area contributed by atoms with Gasteiger partial charge in [0.15, 0.2) is 11.0 Å². The lowest BCUT2D eigenvalue weighted by molar-refractivity contribution is -0.114. The summed E-state index contributed by atoms with van der Waals surface area (Å²) < 4.78 is 2.09. The van der Waals surface area contributed by atoms with Gasteiger partial charge in [-0.25, -0.2) is 0 Å². The van der Waals surface area contributed by atoms with Crippen molar-refractivity contribution in [3.8, 4) is 17.1 Å². The van der Waals surface area contributed by atoms with Crippen molar-refractivity contribution in [2.45, 2.75) is 38.8 Å². The summed E-state index contributed by atoms with van der Waals surface area (Å²) in [5.74, 6) is 1.24. The summed E-state index contributed by atoms with van der Waals surface area (Å²) in [5, 5.41) is 9.55. The smallest absolute Gasteiger partial charge is 0.196 e. The molecule has 5 nitrogen and oxygen atoms in total. The van der Waals surface area contributed by atoms with Crippen LogP contribution in [0.15, 0.2) is 47.9 Å².